The van der Waals surface area contributed by atoms with Gasteiger partial charge in [0, 0.05) is 36.9 Å². The van der Waals surface area contributed by atoms with E-state index in [-0.39, 0.29) is 6.10 Å². The minimum atomic E-state index is 0.147. The van der Waals surface area contributed by atoms with Crippen LogP contribution < -0.4 is 15.4 Å². The molecule has 3 rings (SSSR count). The second kappa shape index (κ2) is 5.76. The molecule has 4 nitrogen and oxygen atoms in total. The summed E-state index contributed by atoms with van der Waals surface area (Å²) in [6.07, 6.45) is 4.08. The number of nitrogens with two attached hydrogens (primary N) is 1. The number of likely N-dealkylation sites (N-methyl/N-ethyl adjacent to an activating group) is 1. The summed E-state index contributed by atoms with van der Waals surface area (Å²) in [7, 11) is 2.28. The van der Waals surface area contributed by atoms with Gasteiger partial charge in [-0.2, -0.15) is 0 Å². The van der Waals surface area contributed by atoms with Gasteiger partial charge in [0.15, 0.2) is 0 Å². The van der Waals surface area contributed by atoms with Gasteiger partial charge in [0.25, 0.3) is 0 Å². The standard InChI is InChI=1S/C17H27N3O/c1-12(2)21-17-10-14(6-7-16(17)18)20-9-8-13-4-5-15(11-20)19(13)3/h6-7,10,12-13,15H,4-5,8-9,11,18H2,1-3H3. The Morgan fingerprint density at radius 2 is 1.95 bits per heavy atom. The van der Waals surface area contributed by atoms with Crippen LogP contribution in [0.3, 0.4) is 0 Å². The van der Waals surface area contributed by atoms with E-state index in [9.17, 15) is 0 Å². The van der Waals surface area contributed by atoms with Crippen LogP contribution in [0.4, 0.5) is 11.4 Å². The van der Waals surface area contributed by atoms with Crippen LogP contribution in [0.1, 0.15) is 33.1 Å². The molecule has 1 aromatic carbocycles. The summed E-state index contributed by atoms with van der Waals surface area (Å²) >= 11 is 0. The average molecular weight is 289 g/mol. The lowest BCUT2D eigenvalue weighted by Crippen LogP contribution is -2.36. The highest BCUT2D eigenvalue weighted by atomic mass is 16.5. The highest BCUT2D eigenvalue weighted by Gasteiger charge is 2.34. The summed E-state index contributed by atoms with van der Waals surface area (Å²) in [6, 6.07) is 7.65. The highest BCUT2D eigenvalue weighted by molar-refractivity contribution is 5.62. The predicted octanol–water partition coefficient (Wildman–Crippen LogP) is 2.73. The van der Waals surface area contributed by atoms with E-state index in [1.54, 1.807) is 0 Å². The van der Waals surface area contributed by atoms with Gasteiger partial charge in [-0.15, -0.1) is 0 Å². The van der Waals surface area contributed by atoms with Crippen LogP contribution in [0.25, 0.3) is 0 Å². The van der Waals surface area contributed by atoms with Crippen LogP contribution >= 0.6 is 0 Å². The van der Waals surface area contributed by atoms with Gasteiger partial charge in [-0.25, -0.2) is 0 Å². The zero-order valence-electron chi connectivity index (χ0n) is 13.4. The van der Waals surface area contributed by atoms with Crippen molar-refractivity contribution in [1.29, 1.82) is 0 Å². The normalized spacial score (nSPS) is 26.2. The van der Waals surface area contributed by atoms with Crippen molar-refractivity contribution in [2.24, 2.45) is 0 Å². The molecule has 1 aromatic rings. The molecule has 116 valence electrons. The number of fused-ring (bicyclic) bond motifs is 2. The Labute approximate surface area is 127 Å². The molecule has 2 aliphatic rings. The zero-order chi connectivity index (χ0) is 15.0. The Balaban J connectivity index is 1.80. The lowest BCUT2D eigenvalue weighted by atomic mass is 10.1. The Bertz CT molecular complexity index is 503. The maximum atomic E-state index is 6.03. The summed E-state index contributed by atoms with van der Waals surface area (Å²) < 4.78 is 5.83. The van der Waals surface area contributed by atoms with Gasteiger partial charge in [0.05, 0.1) is 11.8 Å². The topological polar surface area (TPSA) is 41.7 Å². The molecule has 0 aromatic heterocycles. The first-order valence-corrected chi connectivity index (χ1v) is 8.07. The molecule has 2 bridgehead atoms. The van der Waals surface area contributed by atoms with Crippen LogP contribution in [-0.2, 0) is 0 Å². The van der Waals surface area contributed by atoms with Gasteiger partial charge in [-0.3, -0.25) is 4.90 Å². The predicted molar refractivity (Wildman–Crippen MR) is 88.0 cm³/mol. The maximum absolute atomic E-state index is 6.03. The van der Waals surface area contributed by atoms with Gasteiger partial charge < -0.3 is 15.4 Å². The second-order valence-electron chi connectivity index (χ2n) is 6.67. The third-order valence-electron chi connectivity index (χ3n) is 4.87. The van der Waals surface area contributed by atoms with Gasteiger partial charge in [0.2, 0.25) is 0 Å². The number of anilines is 2. The third-order valence-corrected chi connectivity index (χ3v) is 4.87. The van der Waals surface area contributed by atoms with E-state index in [1.807, 2.05) is 19.9 Å². The number of nitrogens with zero attached hydrogens (tertiary/aromatic N) is 2. The van der Waals surface area contributed by atoms with Crippen molar-refractivity contribution in [1.82, 2.24) is 4.90 Å². The molecular weight excluding hydrogens is 262 g/mol. The van der Waals surface area contributed by atoms with Crippen LogP contribution in [-0.4, -0.2) is 43.2 Å². The quantitative estimate of drug-likeness (QED) is 0.869. The van der Waals surface area contributed by atoms with E-state index in [1.165, 1.54) is 24.9 Å². The summed E-state index contributed by atoms with van der Waals surface area (Å²) in [4.78, 5) is 5.07. The fourth-order valence-electron chi connectivity index (χ4n) is 3.62. The molecule has 0 radical (unpaired) electrons. The third kappa shape index (κ3) is 2.95. The minimum absolute atomic E-state index is 0.147. The van der Waals surface area contributed by atoms with E-state index in [4.69, 9.17) is 10.5 Å². The van der Waals surface area contributed by atoms with Gasteiger partial charge in [-0.05, 0) is 52.3 Å². The first kappa shape index (κ1) is 14.5. The SMILES string of the molecule is CC(C)Oc1cc(N2CCC3CCC(C2)N3C)ccc1N. The first-order valence-electron chi connectivity index (χ1n) is 8.07. The molecule has 0 amide bonds. The molecule has 2 N–H and O–H groups in total. The molecule has 0 saturated carbocycles. The molecular formula is C17H27N3O. The molecule has 4 heteroatoms. The van der Waals surface area contributed by atoms with Gasteiger partial charge in [0.1, 0.15) is 5.75 Å². The Morgan fingerprint density at radius 1 is 1.19 bits per heavy atom. The fraction of sp³-hybridized carbons (Fsp3) is 0.647. The molecule has 0 spiro atoms. The number of hydrogen-bond donors (Lipinski definition) is 1. The molecule has 2 fully saturated rings. The summed E-state index contributed by atoms with van der Waals surface area (Å²) in [6.45, 7) is 6.30. The second-order valence-corrected chi connectivity index (χ2v) is 6.67. The molecule has 0 aliphatic carbocycles. The van der Waals surface area contributed by atoms with E-state index >= 15 is 0 Å². The van der Waals surface area contributed by atoms with Crippen LogP contribution in [0, 0.1) is 0 Å². The zero-order valence-corrected chi connectivity index (χ0v) is 13.4. The Kier molecular flexibility index (Phi) is 3.98. The molecule has 2 aliphatic heterocycles. The number of ether oxygens (including phenoxy) is 1. The molecule has 21 heavy (non-hydrogen) atoms. The van der Waals surface area contributed by atoms with Crippen LogP contribution in [0.5, 0.6) is 5.75 Å². The van der Waals surface area contributed by atoms with Gasteiger partial charge >= 0.3 is 0 Å². The molecule has 2 atom stereocenters. The van der Waals surface area contributed by atoms with Crippen molar-refractivity contribution >= 4 is 11.4 Å². The first-order chi connectivity index (χ1) is 10.0. The Morgan fingerprint density at radius 3 is 2.71 bits per heavy atom. The lowest BCUT2D eigenvalue weighted by molar-refractivity contribution is 0.244. The number of nitrogen functional groups attached to an aromatic ring is 1. The summed E-state index contributed by atoms with van der Waals surface area (Å²) in [5.74, 6) is 0.810. The lowest BCUT2D eigenvalue weighted by Gasteiger charge is -2.28. The minimum Gasteiger partial charge on any atom is -0.489 e. The maximum Gasteiger partial charge on any atom is 0.144 e. The van der Waals surface area contributed by atoms with E-state index in [0.717, 1.165) is 30.6 Å². The highest BCUT2D eigenvalue weighted by Crippen LogP contribution is 2.33. The monoisotopic (exact) mass is 289 g/mol. The fourth-order valence-corrected chi connectivity index (χ4v) is 3.62. The van der Waals surface area contributed by atoms with Crippen molar-refractivity contribution in [3.63, 3.8) is 0 Å². The summed E-state index contributed by atoms with van der Waals surface area (Å²) in [5.41, 5.74) is 7.99. The van der Waals surface area contributed by atoms with E-state index < -0.39 is 0 Å². The van der Waals surface area contributed by atoms with Crippen molar-refractivity contribution in [3.05, 3.63) is 18.2 Å². The summed E-state index contributed by atoms with van der Waals surface area (Å²) in [5, 5.41) is 0. The van der Waals surface area contributed by atoms with Crippen molar-refractivity contribution in [2.75, 3.05) is 30.8 Å². The smallest absolute Gasteiger partial charge is 0.144 e. The van der Waals surface area contributed by atoms with E-state index in [2.05, 4.69) is 29.0 Å². The van der Waals surface area contributed by atoms with Crippen molar-refractivity contribution in [3.8, 4) is 5.75 Å². The molecule has 2 saturated heterocycles. The molecule has 2 heterocycles. The van der Waals surface area contributed by atoms with Crippen molar-refractivity contribution < 1.29 is 4.74 Å². The van der Waals surface area contributed by atoms with Crippen molar-refractivity contribution in [2.45, 2.75) is 51.3 Å². The van der Waals surface area contributed by atoms with Crippen LogP contribution in [0.15, 0.2) is 18.2 Å². The number of rotatable bonds is 3. The largest absolute Gasteiger partial charge is 0.489 e. The van der Waals surface area contributed by atoms with E-state index in [0.29, 0.717) is 6.04 Å². The number of benzene rings is 1. The van der Waals surface area contributed by atoms with Gasteiger partial charge in [-0.1, -0.05) is 0 Å². The molecule has 2 unspecified atom stereocenters. The van der Waals surface area contributed by atoms with Crippen LogP contribution in [0.2, 0.25) is 0 Å². The Hall–Kier alpha value is -1.42. The number of hydrogen-bond acceptors (Lipinski definition) is 4. The average Bonchev–Trinajstić information content (AvgIpc) is 2.66.